The highest BCUT2D eigenvalue weighted by atomic mass is 32.1. The first kappa shape index (κ1) is 23.0. The molecule has 3 heterocycles. The van der Waals surface area contributed by atoms with Crippen molar-refractivity contribution in [3.63, 3.8) is 0 Å². The Morgan fingerprint density at radius 1 is 1.21 bits per heavy atom. The van der Waals surface area contributed by atoms with Crippen LogP contribution in [0.4, 0.5) is 0 Å². The van der Waals surface area contributed by atoms with Crippen molar-refractivity contribution < 1.29 is 19.0 Å². The monoisotopic (exact) mass is 484 g/mol. The molecular formula is C24H24N2O5S2. The highest BCUT2D eigenvalue weighted by Crippen LogP contribution is 2.36. The summed E-state index contributed by atoms with van der Waals surface area (Å²) >= 11 is 2.85. The minimum absolute atomic E-state index is 0.0348. The van der Waals surface area contributed by atoms with E-state index in [4.69, 9.17) is 14.2 Å². The van der Waals surface area contributed by atoms with E-state index < -0.39 is 12.0 Å². The first-order chi connectivity index (χ1) is 15.8. The summed E-state index contributed by atoms with van der Waals surface area (Å²) in [4.78, 5) is 32.4. The van der Waals surface area contributed by atoms with Crippen LogP contribution in [0.2, 0.25) is 0 Å². The van der Waals surface area contributed by atoms with Crippen LogP contribution in [0.1, 0.15) is 37.3 Å². The van der Waals surface area contributed by atoms with Crippen LogP contribution in [-0.2, 0) is 9.53 Å². The number of benzene rings is 1. The smallest absolute Gasteiger partial charge is 0.338 e. The molecule has 0 bridgehead atoms. The number of thiophene rings is 1. The maximum Gasteiger partial charge on any atom is 0.338 e. The number of methoxy groups -OCH3 is 2. The third kappa shape index (κ3) is 4.38. The molecular weight excluding hydrogens is 460 g/mol. The molecule has 1 aliphatic rings. The van der Waals surface area contributed by atoms with Gasteiger partial charge in [0.05, 0.1) is 42.2 Å². The molecule has 0 saturated carbocycles. The molecule has 7 nitrogen and oxygen atoms in total. The largest absolute Gasteiger partial charge is 0.493 e. The maximum atomic E-state index is 13.5. The Morgan fingerprint density at radius 2 is 2.00 bits per heavy atom. The van der Waals surface area contributed by atoms with E-state index in [-0.39, 0.29) is 11.7 Å². The Balaban J connectivity index is 1.95. The summed E-state index contributed by atoms with van der Waals surface area (Å²) < 4.78 is 18.5. The number of nitrogens with zero attached hydrogens (tertiary/aromatic N) is 2. The molecule has 3 aromatic rings. The summed E-state index contributed by atoms with van der Waals surface area (Å²) in [6.07, 6.45) is 1.82. The molecule has 0 N–H and O–H groups in total. The summed E-state index contributed by atoms with van der Waals surface area (Å²) in [7, 11) is 2.88. The summed E-state index contributed by atoms with van der Waals surface area (Å²) in [5, 5.41) is 1.96. The van der Waals surface area contributed by atoms with Crippen LogP contribution in [0.3, 0.4) is 0 Å². The molecule has 1 atom stereocenters. The first-order valence-electron chi connectivity index (χ1n) is 10.3. The van der Waals surface area contributed by atoms with E-state index in [2.05, 4.69) is 4.99 Å². The predicted octanol–water partition coefficient (Wildman–Crippen LogP) is 3.27. The van der Waals surface area contributed by atoms with Gasteiger partial charge in [-0.05, 0) is 56.0 Å². The number of hydrogen-bond acceptors (Lipinski definition) is 8. The standard InChI is InChI=1S/C24H24N2O5S2/c1-13(2)31-17-9-8-15(11-18(17)29-4)21-20(23(28)30-5)14(3)25-24-26(21)22(27)19(33-24)12-16-7-6-10-32-16/h6-13,21H,1-5H3/b19-12-/t21-/m1/s1. The van der Waals surface area contributed by atoms with Gasteiger partial charge in [0, 0.05) is 4.88 Å². The topological polar surface area (TPSA) is 79.1 Å². The van der Waals surface area contributed by atoms with Gasteiger partial charge >= 0.3 is 5.97 Å². The van der Waals surface area contributed by atoms with Gasteiger partial charge in [0.15, 0.2) is 16.3 Å². The van der Waals surface area contributed by atoms with Gasteiger partial charge < -0.3 is 14.2 Å². The zero-order valence-corrected chi connectivity index (χ0v) is 20.6. The van der Waals surface area contributed by atoms with Gasteiger partial charge in [0.1, 0.15) is 0 Å². The molecule has 2 aromatic heterocycles. The van der Waals surface area contributed by atoms with Crippen molar-refractivity contribution in [2.24, 2.45) is 4.99 Å². The van der Waals surface area contributed by atoms with Crippen molar-refractivity contribution in [2.75, 3.05) is 14.2 Å². The van der Waals surface area contributed by atoms with Crippen molar-refractivity contribution in [3.8, 4) is 11.5 Å². The fourth-order valence-corrected chi connectivity index (χ4v) is 5.49. The lowest BCUT2D eigenvalue weighted by atomic mass is 9.95. The molecule has 1 aromatic carbocycles. The summed E-state index contributed by atoms with van der Waals surface area (Å²) in [5.41, 5.74) is 1.30. The summed E-state index contributed by atoms with van der Waals surface area (Å²) in [6.45, 7) is 5.61. The van der Waals surface area contributed by atoms with Crippen LogP contribution in [0.5, 0.6) is 11.5 Å². The Bertz CT molecular complexity index is 1400. The Hall–Kier alpha value is -3.17. The third-order valence-electron chi connectivity index (χ3n) is 5.11. The normalized spacial score (nSPS) is 15.9. The number of thiazole rings is 1. The fraction of sp³-hybridized carbons (Fsp3) is 0.292. The van der Waals surface area contributed by atoms with Gasteiger partial charge in [-0.25, -0.2) is 9.79 Å². The number of allylic oxidation sites excluding steroid dienone is 1. The van der Waals surface area contributed by atoms with Crippen molar-refractivity contribution in [1.82, 2.24) is 4.57 Å². The number of fused-ring (bicyclic) bond motifs is 1. The van der Waals surface area contributed by atoms with Crippen LogP contribution in [0, 0.1) is 0 Å². The van der Waals surface area contributed by atoms with Crippen LogP contribution in [0.15, 0.2) is 56.8 Å². The SMILES string of the molecule is COC(=O)C1=C(C)N=c2s/c(=C\c3cccs3)c(=O)n2[C@@H]1c1ccc(OC(C)C)c(OC)c1. The molecule has 0 spiro atoms. The zero-order valence-electron chi connectivity index (χ0n) is 18.9. The molecule has 0 fully saturated rings. The Morgan fingerprint density at radius 3 is 2.64 bits per heavy atom. The second kappa shape index (κ2) is 9.36. The average molecular weight is 485 g/mol. The van der Waals surface area contributed by atoms with Gasteiger partial charge in [-0.15, -0.1) is 11.3 Å². The number of carbonyl (C=O) groups excluding carboxylic acids is 1. The molecule has 4 rings (SSSR count). The van der Waals surface area contributed by atoms with E-state index in [0.29, 0.717) is 37.7 Å². The lowest BCUT2D eigenvalue weighted by Gasteiger charge is -2.25. The number of carbonyl (C=O) groups is 1. The lowest BCUT2D eigenvalue weighted by molar-refractivity contribution is -0.136. The summed E-state index contributed by atoms with van der Waals surface area (Å²) in [6, 6.07) is 8.59. The lowest BCUT2D eigenvalue weighted by Crippen LogP contribution is -2.39. The second-order valence-electron chi connectivity index (χ2n) is 7.67. The molecule has 172 valence electrons. The van der Waals surface area contributed by atoms with Gasteiger partial charge in [-0.3, -0.25) is 9.36 Å². The highest BCUT2D eigenvalue weighted by Gasteiger charge is 2.33. The van der Waals surface area contributed by atoms with Gasteiger partial charge in [-0.2, -0.15) is 0 Å². The van der Waals surface area contributed by atoms with E-state index >= 15 is 0 Å². The zero-order chi connectivity index (χ0) is 23.7. The van der Waals surface area contributed by atoms with Gasteiger partial charge in [0.25, 0.3) is 5.56 Å². The van der Waals surface area contributed by atoms with E-state index in [1.165, 1.54) is 18.4 Å². The molecule has 9 heteroatoms. The van der Waals surface area contributed by atoms with E-state index in [0.717, 1.165) is 4.88 Å². The molecule has 0 amide bonds. The second-order valence-corrected chi connectivity index (χ2v) is 9.65. The number of rotatable bonds is 6. The summed E-state index contributed by atoms with van der Waals surface area (Å²) in [5.74, 6) is 0.567. The third-order valence-corrected chi connectivity index (χ3v) is 6.91. The van der Waals surface area contributed by atoms with Crippen LogP contribution in [0.25, 0.3) is 6.08 Å². The molecule has 0 aliphatic carbocycles. The minimum atomic E-state index is -0.707. The van der Waals surface area contributed by atoms with Crippen molar-refractivity contribution in [1.29, 1.82) is 0 Å². The van der Waals surface area contributed by atoms with Crippen molar-refractivity contribution >= 4 is 34.7 Å². The van der Waals surface area contributed by atoms with E-state index in [9.17, 15) is 9.59 Å². The minimum Gasteiger partial charge on any atom is -0.493 e. The van der Waals surface area contributed by atoms with Crippen molar-refractivity contribution in [3.05, 3.63) is 77.1 Å². The Kier molecular flexibility index (Phi) is 6.53. The number of aromatic nitrogens is 1. The number of esters is 1. The Labute approximate surface area is 198 Å². The molecule has 0 unspecified atom stereocenters. The molecule has 0 saturated heterocycles. The number of ether oxygens (including phenoxy) is 3. The maximum absolute atomic E-state index is 13.5. The van der Waals surface area contributed by atoms with E-state index in [1.807, 2.05) is 43.5 Å². The first-order valence-corrected chi connectivity index (χ1v) is 12.0. The predicted molar refractivity (Wildman–Crippen MR) is 129 cm³/mol. The van der Waals surface area contributed by atoms with Gasteiger partial charge in [-0.1, -0.05) is 23.5 Å². The van der Waals surface area contributed by atoms with E-state index in [1.54, 1.807) is 42.1 Å². The molecule has 0 radical (unpaired) electrons. The van der Waals surface area contributed by atoms with Gasteiger partial charge in [0.2, 0.25) is 0 Å². The molecule has 1 aliphatic heterocycles. The highest BCUT2D eigenvalue weighted by molar-refractivity contribution is 7.11. The van der Waals surface area contributed by atoms with Crippen LogP contribution in [-0.4, -0.2) is 30.9 Å². The van der Waals surface area contributed by atoms with Crippen LogP contribution >= 0.6 is 22.7 Å². The number of hydrogen-bond donors (Lipinski definition) is 0. The van der Waals surface area contributed by atoms with Crippen LogP contribution < -0.4 is 24.4 Å². The fourth-order valence-electron chi connectivity index (χ4n) is 3.72. The molecule has 33 heavy (non-hydrogen) atoms. The van der Waals surface area contributed by atoms with Crippen molar-refractivity contribution in [2.45, 2.75) is 32.9 Å². The average Bonchev–Trinajstić information content (AvgIpc) is 3.40. The quantitative estimate of drug-likeness (QED) is 0.502.